The summed E-state index contributed by atoms with van der Waals surface area (Å²) in [4.78, 5) is 28.7. The topological polar surface area (TPSA) is 78.1 Å². The monoisotopic (exact) mass is 546 g/mol. The van der Waals surface area contributed by atoms with Gasteiger partial charge in [-0.1, -0.05) is 87.4 Å². The summed E-state index contributed by atoms with van der Waals surface area (Å²) in [6.45, 7) is 5.45. The number of aromatic nitrogens is 1. The Balaban J connectivity index is 1.55. The number of benzene rings is 3. The molecule has 41 heavy (non-hydrogen) atoms. The first-order valence-electron chi connectivity index (χ1n) is 14.5. The number of carbonyl (C=O) groups is 1. The van der Waals surface area contributed by atoms with Crippen LogP contribution in [0.4, 0.5) is 10.5 Å². The molecule has 0 saturated carbocycles. The molecule has 0 unspecified atom stereocenters. The molecule has 0 bridgehead atoms. The molecule has 0 aliphatic rings. The molecule has 2 amide bonds. The van der Waals surface area contributed by atoms with Gasteiger partial charge in [-0.25, -0.2) is 4.79 Å². The molecule has 0 atom stereocenters. The molecular weight excluding hydrogens is 508 g/mol. The second-order valence-electron chi connectivity index (χ2n) is 10.2. The van der Waals surface area contributed by atoms with E-state index in [2.05, 4.69) is 25.2 Å². The Morgan fingerprint density at radius 3 is 2.29 bits per heavy atom. The van der Waals surface area contributed by atoms with Gasteiger partial charge in [-0.05, 0) is 66.3 Å². The zero-order chi connectivity index (χ0) is 29.0. The van der Waals surface area contributed by atoms with Gasteiger partial charge in [0, 0.05) is 30.0 Å². The van der Waals surface area contributed by atoms with Crippen molar-refractivity contribution in [3.05, 3.63) is 124 Å². The predicted molar refractivity (Wildman–Crippen MR) is 166 cm³/mol. The van der Waals surface area contributed by atoms with Crippen molar-refractivity contribution in [1.29, 1.82) is 5.26 Å². The van der Waals surface area contributed by atoms with E-state index >= 15 is 0 Å². The van der Waals surface area contributed by atoms with Crippen LogP contribution in [0, 0.1) is 11.3 Å². The molecule has 4 rings (SSSR count). The lowest BCUT2D eigenvalue weighted by Gasteiger charge is -2.23. The molecular formula is C35H38N4O2. The summed E-state index contributed by atoms with van der Waals surface area (Å²) in [5.41, 5.74) is 5.79. The van der Waals surface area contributed by atoms with E-state index < -0.39 is 0 Å². The van der Waals surface area contributed by atoms with Crippen LogP contribution in [0.3, 0.4) is 0 Å². The molecule has 0 radical (unpaired) electrons. The number of para-hydroxylation sites is 1. The van der Waals surface area contributed by atoms with E-state index in [1.54, 1.807) is 4.90 Å². The summed E-state index contributed by atoms with van der Waals surface area (Å²) in [6.07, 6.45) is 4.70. The minimum Gasteiger partial charge on any atom is -0.333 e. The van der Waals surface area contributed by atoms with Crippen molar-refractivity contribution in [2.24, 2.45) is 0 Å². The van der Waals surface area contributed by atoms with Crippen molar-refractivity contribution in [3.63, 3.8) is 0 Å². The Kier molecular flexibility index (Phi) is 10.5. The summed E-state index contributed by atoms with van der Waals surface area (Å²) in [5, 5.41) is 12.5. The fourth-order valence-electron chi connectivity index (χ4n) is 4.89. The molecule has 210 valence electrons. The van der Waals surface area contributed by atoms with E-state index in [0.717, 1.165) is 60.2 Å². The first-order chi connectivity index (χ1) is 20.0. The molecule has 0 fully saturated rings. The van der Waals surface area contributed by atoms with Crippen molar-refractivity contribution < 1.29 is 4.79 Å². The highest BCUT2D eigenvalue weighted by Gasteiger charge is 2.16. The van der Waals surface area contributed by atoms with Crippen LogP contribution in [0.5, 0.6) is 0 Å². The molecule has 0 aliphatic heterocycles. The number of nitriles is 1. The van der Waals surface area contributed by atoms with Gasteiger partial charge in [-0.15, -0.1) is 0 Å². The summed E-state index contributed by atoms with van der Waals surface area (Å²) in [6, 6.07) is 31.1. The van der Waals surface area contributed by atoms with Gasteiger partial charge in [0.15, 0.2) is 0 Å². The number of hydrogen-bond acceptors (Lipinski definition) is 3. The van der Waals surface area contributed by atoms with Gasteiger partial charge in [-0.3, -0.25) is 9.69 Å². The first-order valence-corrected chi connectivity index (χ1v) is 14.5. The van der Waals surface area contributed by atoms with Crippen LogP contribution in [0.25, 0.3) is 11.1 Å². The minimum absolute atomic E-state index is 0.0855. The number of carbonyl (C=O) groups excluding carboxylic acids is 1. The van der Waals surface area contributed by atoms with Gasteiger partial charge in [-0.2, -0.15) is 5.26 Å². The second kappa shape index (κ2) is 14.7. The molecule has 6 heteroatoms. The van der Waals surface area contributed by atoms with E-state index in [9.17, 15) is 14.9 Å². The van der Waals surface area contributed by atoms with E-state index in [1.165, 1.54) is 0 Å². The lowest BCUT2D eigenvalue weighted by atomic mass is 9.99. The molecule has 0 spiro atoms. The van der Waals surface area contributed by atoms with Crippen LogP contribution in [0.1, 0.15) is 61.9 Å². The number of unbranched alkanes of at least 4 members (excludes halogenated alkanes) is 2. The number of amides is 2. The van der Waals surface area contributed by atoms with E-state index in [-0.39, 0.29) is 18.1 Å². The van der Waals surface area contributed by atoms with Crippen molar-refractivity contribution in [1.82, 2.24) is 9.88 Å². The van der Waals surface area contributed by atoms with E-state index in [1.807, 2.05) is 95.6 Å². The maximum atomic E-state index is 13.7. The Morgan fingerprint density at radius 2 is 1.59 bits per heavy atom. The Morgan fingerprint density at radius 1 is 0.878 bits per heavy atom. The van der Waals surface area contributed by atoms with Gasteiger partial charge in [0.25, 0.3) is 5.56 Å². The van der Waals surface area contributed by atoms with Crippen LogP contribution < -0.4 is 15.8 Å². The molecule has 0 aliphatic carbocycles. The normalized spacial score (nSPS) is 10.7. The van der Waals surface area contributed by atoms with Crippen molar-refractivity contribution >= 4 is 11.7 Å². The maximum absolute atomic E-state index is 13.7. The zero-order valence-corrected chi connectivity index (χ0v) is 24.0. The molecule has 0 saturated heterocycles. The fraction of sp³-hybridized carbons (Fsp3) is 0.286. The number of rotatable bonds is 12. The number of pyridine rings is 1. The quantitative estimate of drug-likeness (QED) is 0.203. The van der Waals surface area contributed by atoms with Crippen LogP contribution in [0.2, 0.25) is 0 Å². The second-order valence-corrected chi connectivity index (χ2v) is 10.2. The molecule has 1 heterocycles. The van der Waals surface area contributed by atoms with Crippen LogP contribution >= 0.6 is 0 Å². The fourth-order valence-corrected chi connectivity index (χ4v) is 4.89. The van der Waals surface area contributed by atoms with Crippen LogP contribution in [-0.4, -0.2) is 17.1 Å². The SMILES string of the molecule is CCCCc1ccc(CNC(=O)N(CCCC)c2ccccc2)c(=O)n1Cc1ccc(-c2ccccc2C#N)cc1. The summed E-state index contributed by atoms with van der Waals surface area (Å²) >= 11 is 0. The highest BCUT2D eigenvalue weighted by Crippen LogP contribution is 2.24. The number of urea groups is 1. The van der Waals surface area contributed by atoms with Gasteiger partial charge >= 0.3 is 6.03 Å². The van der Waals surface area contributed by atoms with E-state index in [0.29, 0.717) is 24.2 Å². The average molecular weight is 547 g/mol. The highest BCUT2D eigenvalue weighted by atomic mass is 16.2. The Bertz CT molecular complexity index is 1540. The molecule has 6 nitrogen and oxygen atoms in total. The zero-order valence-electron chi connectivity index (χ0n) is 24.0. The first kappa shape index (κ1) is 29.4. The van der Waals surface area contributed by atoms with E-state index in [4.69, 9.17) is 0 Å². The third-order valence-electron chi connectivity index (χ3n) is 7.26. The number of aryl methyl sites for hydroxylation is 1. The Hall–Kier alpha value is -4.63. The van der Waals surface area contributed by atoms with Gasteiger partial charge in [0.2, 0.25) is 0 Å². The van der Waals surface area contributed by atoms with Crippen molar-refractivity contribution in [3.8, 4) is 17.2 Å². The number of nitrogens with zero attached hydrogens (tertiary/aromatic N) is 3. The minimum atomic E-state index is -0.209. The standard InChI is InChI=1S/C35H38N4O2/c1-3-5-13-32-22-21-30(25-37-35(41)38(23-6-4-2)31-14-8-7-9-15-31)34(40)39(32)26-27-17-19-28(20-18-27)33-16-11-10-12-29(33)24-36/h7-12,14-22H,3-6,13,23,25-26H2,1-2H3,(H,37,41). The number of hydrogen-bond donors (Lipinski definition) is 1. The van der Waals surface area contributed by atoms with Gasteiger partial charge in [0.1, 0.15) is 0 Å². The molecule has 1 N–H and O–H groups in total. The van der Waals surface area contributed by atoms with Crippen molar-refractivity contribution in [2.75, 3.05) is 11.4 Å². The van der Waals surface area contributed by atoms with Crippen LogP contribution in [0.15, 0.2) is 95.8 Å². The molecule has 1 aromatic heterocycles. The van der Waals surface area contributed by atoms with Gasteiger partial charge in [0.05, 0.1) is 18.2 Å². The average Bonchev–Trinajstić information content (AvgIpc) is 3.02. The number of nitrogens with one attached hydrogen (secondary N) is 1. The third-order valence-corrected chi connectivity index (χ3v) is 7.26. The molecule has 3 aromatic carbocycles. The summed E-state index contributed by atoms with van der Waals surface area (Å²) in [7, 11) is 0. The lowest BCUT2D eigenvalue weighted by Crippen LogP contribution is -2.41. The lowest BCUT2D eigenvalue weighted by molar-refractivity contribution is 0.245. The number of anilines is 1. The van der Waals surface area contributed by atoms with Crippen LogP contribution in [-0.2, 0) is 19.5 Å². The highest BCUT2D eigenvalue weighted by molar-refractivity contribution is 5.91. The smallest absolute Gasteiger partial charge is 0.322 e. The summed E-state index contributed by atoms with van der Waals surface area (Å²) < 4.78 is 1.83. The maximum Gasteiger partial charge on any atom is 0.322 e. The molecule has 4 aromatic rings. The summed E-state index contributed by atoms with van der Waals surface area (Å²) in [5.74, 6) is 0. The predicted octanol–water partition coefficient (Wildman–Crippen LogP) is 7.29. The third kappa shape index (κ3) is 7.52. The largest absolute Gasteiger partial charge is 0.333 e. The van der Waals surface area contributed by atoms with Crippen molar-refractivity contribution in [2.45, 2.75) is 59.0 Å². The Labute approximate surface area is 242 Å². The van der Waals surface area contributed by atoms with Gasteiger partial charge < -0.3 is 9.88 Å².